The number of nitrogens with two attached hydrogens (primary N) is 1. The van der Waals surface area contributed by atoms with Crippen LogP contribution in [0.25, 0.3) is 10.2 Å². The Labute approximate surface area is 168 Å². The van der Waals surface area contributed by atoms with Crippen LogP contribution in [0.4, 0.5) is 5.69 Å². The Bertz CT molecular complexity index is 1030. The van der Waals surface area contributed by atoms with Crippen molar-refractivity contribution in [1.29, 1.82) is 0 Å². The number of fused-ring (bicyclic) bond motifs is 2. The van der Waals surface area contributed by atoms with Gasteiger partial charge < -0.3 is 15.4 Å². The van der Waals surface area contributed by atoms with E-state index in [0.29, 0.717) is 42.8 Å². The number of hydrogen-bond donors (Lipinski definition) is 1. The van der Waals surface area contributed by atoms with Crippen molar-refractivity contribution in [2.45, 2.75) is 25.2 Å². The van der Waals surface area contributed by atoms with E-state index >= 15 is 0 Å². The van der Waals surface area contributed by atoms with E-state index in [-0.39, 0.29) is 5.91 Å². The van der Waals surface area contributed by atoms with Gasteiger partial charge in [0.1, 0.15) is 9.71 Å². The zero-order chi connectivity index (χ0) is 19.1. The van der Waals surface area contributed by atoms with Crippen LogP contribution in [0.15, 0.2) is 36.4 Å². The fraction of sp³-hybridized carbons (Fsp3) is 0.364. The lowest BCUT2D eigenvalue weighted by Crippen LogP contribution is -2.40. The molecular formula is C22H23N3O2S. The minimum Gasteiger partial charge on any atom is -0.397 e. The molecule has 5 nitrogen and oxygen atoms in total. The van der Waals surface area contributed by atoms with Crippen LogP contribution in [0.2, 0.25) is 0 Å². The van der Waals surface area contributed by atoms with Crippen molar-refractivity contribution >= 4 is 33.1 Å². The molecule has 3 aromatic rings. The Hall–Kier alpha value is -2.44. The molecule has 28 heavy (non-hydrogen) atoms. The van der Waals surface area contributed by atoms with Gasteiger partial charge in [-0.15, -0.1) is 11.3 Å². The number of anilines is 1. The first-order chi connectivity index (χ1) is 13.7. The van der Waals surface area contributed by atoms with Crippen molar-refractivity contribution in [3.8, 4) is 0 Å². The molecule has 6 heteroatoms. The fourth-order valence-corrected chi connectivity index (χ4v) is 5.33. The van der Waals surface area contributed by atoms with Crippen molar-refractivity contribution in [1.82, 2.24) is 9.88 Å². The van der Waals surface area contributed by atoms with Crippen LogP contribution < -0.4 is 5.73 Å². The molecule has 0 bridgehead atoms. The summed E-state index contributed by atoms with van der Waals surface area (Å²) in [6.07, 6.45) is 3.05. The third-order valence-electron chi connectivity index (χ3n) is 5.85. The van der Waals surface area contributed by atoms with Gasteiger partial charge in [0.2, 0.25) is 0 Å². The number of nitrogen functional groups attached to an aromatic ring is 1. The molecule has 1 amide bonds. The van der Waals surface area contributed by atoms with Gasteiger partial charge in [-0.2, -0.15) is 0 Å². The Morgan fingerprint density at radius 3 is 2.79 bits per heavy atom. The van der Waals surface area contributed by atoms with E-state index < -0.39 is 0 Å². The van der Waals surface area contributed by atoms with Crippen LogP contribution in [0.5, 0.6) is 0 Å². The SMILES string of the molecule is Nc1c(C(=O)N2CCOCC2)sc2nc3c(cc12)CC(c1ccccc1)CC3. The van der Waals surface area contributed by atoms with Gasteiger partial charge in [0, 0.05) is 24.2 Å². The van der Waals surface area contributed by atoms with E-state index in [1.807, 2.05) is 4.90 Å². The van der Waals surface area contributed by atoms with Gasteiger partial charge in [-0.1, -0.05) is 30.3 Å². The topological polar surface area (TPSA) is 68.5 Å². The van der Waals surface area contributed by atoms with Crippen molar-refractivity contribution in [2.75, 3.05) is 32.0 Å². The molecule has 0 spiro atoms. The van der Waals surface area contributed by atoms with Crippen LogP contribution in [0.3, 0.4) is 0 Å². The Kier molecular flexibility index (Phi) is 4.53. The number of benzene rings is 1. The molecule has 5 rings (SSSR count). The van der Waals surface area contributed by atoms with E-state index in [0.717, 1.165) is 35.2 Å². The zero-order valence-electron chi connectivity index (χ0n) is 15.7. The maximum Gasteiger partial charge on any atom is 0.266 e. The van der Waals surface area contributed by atoms with Crippen LogP contribution in [-0.2, 0) is 17.6 Å². The second kappa shape index (κ2) is 7.18. The molecule has 144 valence electrons. The second-order valence-corrected chi connectivity index (χ2v) is 8.55. The van der Waals surface area contributed by atoms with E-state index in [4.69, 9.17) is 15.5 Å². The van der Waals surface area contributed by atoms with Crippen molar-refractivity contribution in [2.24, 2.45) is 0 Å². The summed E-state index contributed by atoms with van der Waals surface area (Å²) in [6, 6.07) is 12.9. The van der Waals surface area contributed by atoms with E-state index in [2.05, 4.69) is 36.4 Å². The molecule has 2 N–H and O–H groups in total. The third-order valence-corrected chi connectivity index (χ3v) is 6.95. The standard InChI is InChI=1S/C22H23N3O2S/c23-19-17-13-16-12-15(14-4-2-1-3-5-14)6-7-18(16)24-21(17)28-20(19)22(26)25-8-10-27-11-9-25/h1-5,13,15H,6-12,23H2. The van der Waals surface area contributed by atoms with Crippen LogP contribution in [0, 0.1) is 0 Å². The first-order valence-electron chi connectivity index (χ1n) is 9.83. The van der Waals surface area contributed by atoms with E-state index in [9.17, 15) is 4.79 Å². The molecule has 2 aliphatic rings. The number of nitrogens with zero attached hydrogens (tertiary/aromatic N) is 2. The number of carbonyl (C=O) groups is 1. The van der Waals surface area contributed by atoms with Gasteiger partial charge in [-0.25, -0.2) is 4.98 Å². The largest absolute Gasteiger partial charge is 0.397 e. The number of thiophene rings is 1. The molecular weight excluding hydrogens is 370 g/mol. The predicted molar refractivity (Wildman–Crippen MR) is 112 cm³/mol. The number of rotatable bonds is 2. The molecule has 0 radical (unpaired) electrons. The van der Waals surface area contributed by atoms with Gasteiger partial charge in [-0.3, -0.25) is 4.79 Å². The summed E-state index contributed by atoms with van der Waals surface area (Å²) in [4.78, 5) is 21.1. The minimum atomic E-state index is 0.00364. The lowest BCUT2D eigenvalue weighted by atomic mass is 9.82. The average Bonchev–Trinajstić information content (AvgIpc) is 3.08. The Morgan fingerprint density at radius 2 is 2.00 bits per heavy atom. The second-order valence-electron chi connectivity index (χ2n) is 7.55. The predicted octanol–water partition coefficient (Wildman–Crippen LogP) is 3.62. The lowest BCUT2D eigenvalue weighted by molar-refractivity contribution is 0.0307. The molecule has 1 saturated heterocycles. The summed E-state index contributed by atoms with van der Waals surface area (Å²) in [7, 11) is 0. The monoisotopic (exact) mass is 393 g/mol. The minimum absolute atomic E-state index is 0.00364. The quantitative estimate of drug-likeness (QED) is 0.722. The molecule has 1 atom stereocenters. The average molecular weight is 394 g/mol. The van der Waals surface area contributed by atoms with Gasteiger partial charge in [-0.05, 0) is 42.4 Å². The van der Waals surface area contributed by atoms with Gasteiger partial charge in [0.15, 0.2) is 0 Å². The number of aryl methyl sites for hydroxylation is 1. The van der Waals surface area contributed by atoms with E-state index in [1.165, 1.54) is 22.5 Å². The normalized spacial score (nSPS) is 19.6. The summed E-state index contributed by atoms with van der Waals surface area (Å²) >= 11 is 1.43. The van der Waals surface area contributed by atoms with Gasteiger partial charge in [0.25, 0.3) is 5.91 Å². The highest BCUT2D eigenvalue weighted by molar-refractivity contribution is 7.21. The third kappa shape index (κ3) is 3.06. The number of morpholine rings is 1. The molecule has 0 saturated carbocycles. The van der Waals surface area contributed by atoms with Crippen LogP contribution in [-0.4, -0.2) is 42.1 Å². The summed E-state index contributed by atoms with van der Waals surface area (Å²) in [5.74, 6) is 0.520. The lowest BCUT2D eigenvalue weighted by Gasteiger charge is -2.26. The molecule has 1 aliphatic heterocycles. The summed E-state index contributed by atoms with van der Waals surface area (Å²) in [5.41, 5.74) is 10.8. The number of carbonyl (C=O) groups excluding carboxylic acids is 1. The smallest absolute Gasteiger partial charge is 0.266 e. The summed E-state index contributed by atoms with van der Waals surface area (Å²) < 4.78 is 5.35. The highest BCUT2D eigenvalue weighted by Gasteiger charge is 2.27. The molecule has 2 aromatic heterocycles. The summed E-state index contributed by atoms with van der Waals surface area (Å²) in [6.45, 7) is 2.42. The highest BCUT2D eigenvalue weighted by Crippen LogP contribution is 2.38. The first kappa shape index (κ1) is 17.6. The zero-order valence-corrected chi connectivity index (χ0v) is 16.5. The number of pyridine rings is 1. The van der Waals surface area contributed by atoms with E-state index in [1.54, 1.807) is 0 Å². The Morgan fingerprint density at radius 1 is 1.21 bits per heavy atom. The van der Waals surface area contributed by atoms with Crippen molar-refractivity contribution in [3.63, 3.8) is 0 Å². The maximum absolute atomic E-state index is 12.9. The first-order valence-corrected chi connectivity index (χ1v) is 10.6. The van der Waals surface area contributed by atoms with Gasteiger partial charge in [0.05, 0.1) is 18.9 Å². The molecule has 1 unspecified atom stereocenters. The molecule has 1 aromatic carbocycles. The molecule has 1 fully saturated rings. The Balaban J connectivity index is 1.48. The number of hydrogen-bond acceptors (Lipinski definition) is 5. The molecule has 3 heterocycles. The van der Waals surface area contributed by atoms with Crippen molar-refractivity contribution in [3.05, 3.63) is 58.1 Å². The molecule has 1 aliphatic carbocycles. The van der Waals surface area contributed by atoms with Gasteiger partial charge >= 0.3 is 0 Å². The highest BCUT2D eigenvalue weighted by atomic mass is 32.1. The fourth-order valence-electron chi connectivity index (χ4n) is 4.27. The number of amides is 1. The van der Waals surface area contributed by atoms with Crippen LogP contribution in [0.1, 0.15) is 38.8 Å². The summed E-state index contributed by atoms with van der Waals surface area (Å²) in [5, 5.41) is 0.925. The number of ether oxygens (including phenoxy) is 1. The van der Waals surface area contributed by atoms with Crippen molar-refractivity contribution < 1.29 is 9.53 Å². The number of aromatic nitrogens is 1. The maximum atomic E-state index is 12.9. The van der Waals surface area contributed by atoms with Crippen LogP contribution >= 0.6 is 11.3 Å².